The maximum atomic E-state index is 11.6. The van der Waals surface area contributed by atoms with Gasteiger partial charge in [0.05, 0.1) is 0 Å². The summed E-state index contributed by atoms with van der Waals surface area (Å²) in [6, 6.07) is 15.3. The maximum Gasteiger partial charge on any atom is 0.414 e. The van der Waals surface area contributed by atoms with Crippen LogP contribution in [0.5, 0.6) is 0 Å². The highest BCUT2D eigenvalue weighted by molar-refractivity contribution is 6.42. The van der Waals surface area contributed by atoms with Crippen molar-refractivity contribution in [3.05, 3.63) is 54.1 Å². The molecule has 3 nitrogen and oxygen atoms in total. The van der Waals surface area contributed by atoms with E-state index >= 15 is 0 Å². The lowest BCUT2D eigenvalue weighted by atomic mass is 10.0. The summed E-state index contributed by atoms with van der Waals surface area (Å²) in [5.74, 6) is -0.650. The van der Waals surface area contributed by atoms with Gasteiger partial charge in [0.1, 0.15) is 5.56 Å². The molecule has 0 unspecified atom stereocenters. The van der Waals surface area contributed by atoms with Crippen LogP contribution in [0, 0.1) is 0 Å². The van der Waals surface area contributed by atoms with Crippen LogP contribution in [0.15, 0.2) is 48.5 Å². The van der Waals surface area contributed by atoms with Crippen LogP contribution in [-0.4, -0.2) is 16.8 Å². The normalized spacial score (nSPS) is 13.4. The van der Waals surface area contributed by atoms with E-state index < -0.39 is 0 Å². The summed E-state index contributed by atoms with van der Waals surface area (Å²) in [5.41, 5.74) is 3.19. The Labute approximate surface area is 98.1 Å². The number of carbonyl (C=O) groups is 1. The van der Waals surface area contributed by atoms with E-state index in [1.165, 1.54) is 0 Å². The van der Waals surface area contributed by atoms with Crippen molar-refractivity contribution in [3.8, 4) is 11.1 Å². The molecule has 1 aliphatic heterocycles. The molecule has 0 radical (unpaired) electrons. The number of hydrogen-bond donors (Lipinski definition) is 2. The van der Waals surface area contributed by atoms with Crippen molar-refractivity contribution < 1.29 is 14.9 Å². The second-order valence-corrected chi connectivity index (χ2v) is 3.93. The second kappa shape index (κ2) is 3.56. The SMILES string of the molecule is O=C1C(O)=[NH+]c2ccc(-c3ccccc3)cc21. The molecule has 82 valence electrons. The molecule has 2 aromatic rings. The molecular weight excluding hydrogens is 214 g/mol. The van der Waals surface area contributed by atoms with Crippen LogP contribution < -0.4 is 4.99 Å². The van der Waals surface area contributed by atoms with Crippen LogP contribution in [0.4, 0.5) is 5.69 Å². The Morgan fingerprint density at radius 3 is 2.47 bits per heavy atom. The number of fused-ring (bicyclic) bond motifs is 1. The third-order valence-corrected chi connectivity index (χ3v) is 2.84. The van der Waals surface area contributed by atoms with Crippen molar-refractivity contribution in [2.75, 3.05) is 0 Å². The third kappa shape index (κ3) is 1.52. The standard InChI is InChI=1S/C14H9NO2/c16-13-11-8-10(9-4-2-1-3-5-9)6-7-12(11)15-14(13)17/h1-8H,(H,15,16,17)/p+1. The zero-order chi connectivity index (χ0) is 11.8. The molecular formula is C14H10NO2+. The molecule has 0 aliphatic carbocycles. The molecule has 0 saturated heterocycles. The van der Waals surface area contributed by atoms with E-state index in [0.29, 0.717) is 11.3 Å². The Hall–Kier alpha value is -2.42. The summed E-state index contributed by atoms with van der Waals surface area (Å²) < 4.78 is 0. The van der Waals surface area contributed by atoms with Crippen molar-refractivity contribution in [3.63, 3.8) is 0 Å². The monoisotopic (exact) mass is 224 g/mol. The second-order valence-electron chi connectivity index (χ2n) is 3.93. The number of aliphatic hydroxyl groups excluding tert-OH is 1. The van der Waals surface area contributed by atoms with Gasteiger partial charge >= 0.3 is 11.7 Å². The molecule has 1 aliphatic rings. The highest BCUT2D eigenvalue weighted by atomic mass is 16.3. The first-order valence-corrected chi connectivity index (χ1v) is 5.33. The Balaban J connectivity index is 2.12. The number of rotatable bonds is 1. The fourth-order valence-electron chi connectivity index (χ4n) is 1.96. The fourth-order valence-corrected chi connectivity index (χ4v) is 1.96. The average molecular weight is 224 g/mol. The van der Waals surface area contributed by atoms with Gasteiger partial charge in [-0.15, -0.1) is 0 Å². The van der Waals surface area contributed by atoms with Gasteiger partial charge in [-0.25, -0.2) is 0 Å². The van der Waals surface area contributed by atoms with Crippen molar-refractivity contribution in [2.45, 2.75) is 0 Å². The number of hydrogen-bond acceptors (Lipinski definition) is 1. The number of nitrogens with one attached hydrogen (secondary N) is 1. The van der Waals surface area contributed by atoms with Gasteiger partial charge in [-0.1, -0.05) is 30.3 Å². The summed E-state index contributed by atoms with van der Waals surface area (Å²) >= 11 is 0. The Morgan fingerprint density at radius 1 is 0.941 bits per heavy atom. The van der Waals surface area contributed by atoms with E-state index in [-0.39, 0.29) is 11.7 Å². The van der Waals surface area contributed by atoms with E-state index in [0.717, 1.165) is 11.1 Å². The molecule has 2 N–H and O–H groups in total. The molecule has 0 amide bonds. The molecule has 17 heavy (non-hydrogen) atoms. The maximum absolute atomic E-state index is 11.6. The first-order chi connectivity index (χ1) is 8.25. The number of Topliss-reactive ketones (excluding diaryl/α,β-unsaturated/α-hetero) is 1. The summed E-state index contributed by atoms with van der Waals surface area (Å²) in [6.45, 7) is 0. The van der Waals surface area contributed by atoms with Crippen molar-refractivity contribution in [1.82, 2.24) is 0 Å². The molecule has 0 bridgehead atoms. The minimum Gasteiger partial charge on any atom is -0.457 e. The number of ketones is 1. The summed E-state index contributed by atoms with van der Waals surface area (Å²) in [4.78, 5) is 14.3. The van der Waals surface area contributed by atoms with E-state index in [1.807, 2.05) is 36.4 Å². The number of benzene rings is 2. The lowest BCUT2D eigenvalue weighted by molar-refractivity contribution is -0.359. The molecule has 0 fully saturated rings. The Bertz CT molecular complexity index is 630. The molecule has 0 saturated carbocycles. The lowest BCUT2D eigenvalue weighted by Crippen LogP contribution is -2.64. The van der Waals surface area contributed by atoms with Gasteiger partial charge in [-0.05, 0) is 23.3 Å². The van der Waals surface area contributed by atoms with Crippen molar-refractivity contribution >= 4 is 17.4 Å². The molecule has 1 heterocycles. The van der Waals surface area contributed by atoms with Gasteiger partial charge in [0, 0.05) is 6.07 Å². The van der Waals surface area contributed by atoms with Crippen molar-refractivity contribution in [2.24, 2.45) is 0 Å². The summed E-state index contributed by atoms with van der Waals surface area (Å²) in [5, 5.41) is 9.34. The molecule has 0 aromatic heterocycles. The third-order valence-electron chi connectivity index (χ3n) is 2.84. The quantitative estimate of drug-likeness (QED) is 0.765. The van der Waals surface area contributed by atoms with Crippen LogP contribution >= 0.6 is 0 Å². The van der Waals surface area contributed by atoms with Gasteiger partial charge in [-0.3, -0.25) is 4.79 Å². The smallest absolute Gasteiger partial charge is 0.414 e. The van der Waals surface area contributed by atoms with E-state index in [9.17, 15) is 9.90 Å². The Morgan fingerprint density at radius 2 is 1.71 bits per heavy atom. The van der Waals surface area contributed by atoms with E-state index in [1.54, 1.807) is 12.1 Å². The van der Waals surface area contributed by atoms with Gasteiger partial charge in [0.2, 0.25) is 5.69 Å². The zero-order valence-corrected chi connectivity index (χ0v) is 8.97. The predicted octanol–water partition coefficient (Wildman–Crippen LogP) is 1.22. The zero-order valence-electron chi connectivity index (χ0n) is 8.97. The largest absolute Gasteiger partial charge is 0.457 e. The van der Waals surface area contributed by atoms with Gasteiger partial charge < -0.3 is 5.11 Å². The molecule has 2 aromatic carbocycles. The highest BCUT2D eigenvalue weighted by Crippen LogP contribution is 2.24. The van der Waals surface area contributed by atoms with Gasteiger partial charge in [-0.2, -0.15) is 4.99 Å². The molecule has 0 atom stereocenters. The fraction of sp³-hybridized carbons (Fsp3) is 0. The average Bonchev–Trinajstić information content (AvgIpc) is 2.66. The van der Waals surface area contributed by atoms with Crippen molar-refractivity contribution in [1.29, 1.82) is 0 Å². The molecule has 3 heteroatoms. The highest BCUT2D eigenvalue weighted by Gasteiger charge is 2.31. The van der Waals surface area contributed by atoms with Crippen LogP contribution in [0.2, 0.25) is 0 Å². The molecule has 3 rings (SSSR count). The Kier molecular flexibility index (Phi) is 2.05. The minimum atomic E-state index is -0.349. The number of carbonyl (C=O) groups excluding carboxylic acids is 1. The minimum absolute atomic E-state index is 0.301. The van der Waals surface area contributed by atoms with Gasteiger partial charge in [0.15, 0.2) is 0 Å². The lowest BCUT2D eigenvalue weighted by Gasteiger charge is -2.01. The summed E-state index contributed by atoms with van der Waals surface area (Å²) in [6.07, 6.45) is 0. The number of aliphatic hydroxyl groups is 1. The first-order valence-electron chi connectivity index (χ1n) is 5.33. The van der Waals surface area contributed by atoms with Crippen LogP contribution in [0.25, 0.3) is 11.1 Å². The van der Waals surface area contributed by atoms with Crippen LogP contribution in [0.3, 0.4) is 0 Å². The van der Waals surface area contributed by atoms with E-state index in [2.05, 4.69) is 4.99 Å². The van der Waals surface area contributed by atoms with Crippen LogP contribution in [-0.2, 0) is 0 Å². The van der Waals surface area contributed by atoms with Gasteiger partial charge in [0.25, 0.3) is 0 Å². The predicted molar refractivity (Wildman–Crippen MR) is 64.5 cm³/mol. The van der Waals surface area contributed by atoms with E-state index in [4.69, 9.17) is 0 Å². The summed E-state index contributed by atoms with van der Waals surface area (Å²) in [7, 11) is 0. The molecule has 0 spiro atoms. The topological polar surface area (TPSA) is 51.3 Å². The first kappa shape index (κ1) is 9.78. The van der Waals surface area contributed by atoms with Crippen LogP contribution in [0.1, 0.15) is 10.4 Å².